The number of benzene rings is 1. The van der Waals surface area contributed by atoms with Crippen molar-refractivity contribution in [1.29, 1.82) is 0 Å². The minimum absolute atomic E-state index is 0.0630. The third-order valence-electron chi connectivity index (χ3n) is 5.37. The highest BCUT2D eigenvalue weighted by atomic mass is 16.2. The molecule has 5 nitrogen and oxygen atoms in total. The van der Waals surface area contributed by atoms with Crippen molar-refractivity contribution in [3.05, 3.63) is 42.4 Å². The van der Waals surface area contributed by atoms with Gasteiger partial charge in [-0.2, -0.15) is 0 Å². The standard InChI is InChI=1S/C20H26N4O/c1-14(20(25)22-17-9-10-17)24-11-5-8-16(13-24)19-21-12-18(23-19)15-6-3-2-4-7-15/h2-4,6-7,12,14,16-17H,5,8-11,13H2,1H3,(H,21,23)(H,22,25)/t14-,16+/m0/s1. The number of amides is 1. The van der Waals surface area contributed by atoms with Crippen LogP contribution >= 0.6 is 0 Å². The van der Waals surface area contributed by atoms with E-state index >= 15 is 0 Å². The van der Waals surface area contributed by atoms with Gasteiger partial charge in [-0.25, -0.2) is 4.98 Å². The number of piperidine rings is 1. The molecule has 0 unspecified atom stereocenters. The number of likely N-dealkylation sites (tertiary alicyclic amines) is 1. The van der Waals surface area contributed by atoms with E-state index in [1.54, 1.807) is 0 Å². The average molecular weight is 338 g/mol. The lowest BCUT2D eigenvalue weighted by molar-refractivity contribution is -0.126. The van der Waals surface area contributed by atoms with Crippen LogP contribution in [0.15, 0.2) is 36.5 Å². The summed E-state index contributed by atoms with van der Waals surface area (Å²) in [5.41, 5.74) is 2.22. The zero-order valence-electron chi connectivity index (χ0n) is 14.7. The van der Waals surface area contributed by atoms with Crippen LogP contribution in [-0.4, -0.2) is 45.9 Å². The molecule has 1 amide bonds. The van der Waals surface area contributed by atoms with Gasteiger partial charge in [-0.15, -0.1) is 0 Å². The first kappa shape index (κ1) is 16.3. The molecule has 2 heterocycles. The molecule has 25 heavy (non-hydrogen) atoms. The number of hydrogen-bond acceptors (Lipinski definition) is 3. The Labute approximate surface area is 148 Å². The van der Waals surface area contributed by atoms with Crippen LogP contribution in [0.3, 0.4) is 0 Å². The second-order valence-corrected chi connectivity index (χ2v) is 7.34. The highest BCUT2D eigenvalue weighted by Crippen LogP contribution is 2.28. The zero-order chi connectivity index (χ0) is 17.2. The van der Waals surface area contributed by atoms with Crippen LogP contribution in [0.1, 0.15) is 44.3 Å². The lowest BCUT2D eigenvalue weighted by atomic mass is 9.96. The van der Waals surface area contributed by atoms with Crippen LogP contribution in [0.4, 0.5) is 0 Å². The fourth-order valence-electron chi connectivity index (χ4n) is 3.61. The fraction of sp³-hybridized carbons (Fsp3) is 0.500. The molecule has 2 N–H and O–H groups in total. The molecule has 5 heteroatoms. The third-order valence-corrected chi connectivity index (χ3v) is 5.37. The van der Waals surface area contributed by atoms with Crippen molar-refractivity contribution in [2.45, 2.75) is 50.6 Å². The van der Waals surface area contributed by atoms with E-state index in [0.717, 1.165) is 55.9 Å². The van der Waals surface area contributed by atoms with Gasteiger partial charge >= 0.3 is 0 Å². The van der Waals surface area contributed by atoms with E-state index in [-0.39, 0.29) is 11.9 Å². The Balaban J connectivity index is 1.42. The van der Waals surface area contributed by atoms with Gasteiger partial charge in [-0.1, -0.05) is 30.3 Å². The molecular weight excluding hydrogens is 312 g/mol. The topological polar surface area (TPSA) is 61.0 Å². The van der Waals surface area contributed by atoms with Crippen molar-refractivity contribution >= 4 is 5.91 Å². The minimum atomic E-state index is -0.0630. The van der Waals surface area contributed by atoms with Crippen molar-refractivity contribution in [3.63, 3.8) is 0 Å². The van der Waals surface area contributed by atoms with Crippen molar-refractivity contribution in [1.82, 2.24) is 20.2 Å². The van der Waals surface area contributed by atoms with Gasteiger partial charge < -0.3 is 10.3 Å². The summed E-state index contributed by atoms with van der Waals surface area (Å²) in [7, 11) is 0. The summed E-state index contributed by atoms with van der Waals surface area (Å²) >= 11 is 0. The van der Waals surface area contributed by atoms with Crippen LogP contribution < -0.4 is 5.32 Å². The van der Waals surface area contributed by atoms with E-state index < -0.39 is 0 Å². The summed E-state index contributed by atoms with van der Waals surface area (Å²) in [4.78, 5) is 22.8. The van der Waals surface area contributed by atoms with E-state index in [9.17, 15) is 4.79 Å². The molecular formula is C20H26N4O. The van der Waals surface area contributed by atoms with Crippen LogP contribution in [0, 0.1) is 0 Å². The molecule has 2 fully saturated rings. The molecule has 1 saturated heterocycles. The molecule has 4 rings (SSSR count). The molecule has 2 aliphatic rings. The highest BCUT2D eigenvalue weighted by molar-refractivity contribution is 5.81. The number of nitrogens with zero attached hydrogens (tertiary/aromatic N) is 2. The number of imidazole rings is 1. The molecule has 1 aliphatic carbocycles. The zero-order valence-corrected chi connectivity index (χ0v) is 14.7. The largest absolute Gasteiger partial charge is 0.352 e. The summed E-state index contributed by atoms with van der Waals surface area (Å²) in [5, 5.41) is 3.13. The molecule has 1 saturated carbocycles. The van der Waals surface area contributed by atoms with E-state index in [4.69, 9.17) is 0 Å². The summed E-state index contributed by atoms with van der Waals surface area (Å²) in [6.07, 6.45) is 6.42. The average Bonchev–Trinajstić information content (AvgIpc) is 3.33. The first-order valence-electron chi connectivity index (χ1n) is 9.35. The second-order valence-electron chi connectivity index (χ2n) is 7.34. The van der Waals surface area contributed by atoms with Crippen molar-refractivity contribution in [2.75, 3.05) is 13.1 Å². The number of aromatic amines is 1. The van der Waals surface area contributed by atoms with E-state index in [2.05, 4.69) is 32.3 Å². The molecule has 0 bridgehead atoms. The predicted octanol–water partition coefficient (Wildman–Crippen LogP) is 2.92. The van der Waals surface area contributed by atoms with Crippen LogP contribution in [0.2, 0.25) is 0 Å². The second kappa shape index (κ2) is 7.00. The van der Waals surface area contributed by atoms with Crippen LogP contribution in [-0.2, 0) is 4.79 Å². The summed E-state index contributed by atoms with van der Waals surface area (Å²) in [6.45, 7) is 3.90. The quantitative estimate of drug-likeness (QED) is 0.881. The van der Waals surface area contributed by atoms with Crippen LogP contribution in [0.5, 0.6) is 0 Å². The minimum Gasteiger partial charge on any atom is -0.352 e. The number of carbonyl (C=O) groups is 1. The molecule has 1 aromatic carbocycles. The van der Waals surface area contributed by atoms with Crippen molar-refractivity contribution in [2.24, 2.45) is 0 Å². The van der Waals surface area contributed by atoms with Gasteiger partial charge in [-0.3, -0.25) is 9.69 Å². The predicted molar refractivity (Wildman–Crippen MR) is 98.2 cm³/mol. The van der Waals surface area contributed by atoms with Crippen LogP contribution in [0.25, 0.3) is 11.3 Å². The van der Waals surface area contributed by atoms with Gasteiger partial charge in [0.25, 0.3) is 0 Å². The third kappa shape index (κ3) is 3.76. The first-order valence-corrected chi connectivity index (χ1v) is 9.35. The fourth-order valence-corrected chi connectivity index (χ4v) is 3.61. The normalized spacial score (nSPS) is 22.5. The maximum atomic E-state index is 12.3. The molecule has 2 atom stereocenters. The highest BCUT2D eigenvalue weighted by Gasteiger charge is 2.32. The lowest BCUT2D eigenvalue weighted by Gasteiger charge is -2.35. The van der Waals surface area contributed by atoms with Gasteiger partial charge in [0.2, 0.25) is 5.91 Å². The number of nitrogens with one attached hydrogen (secondary N) is 2. The van der Waals surface area contributed by atoms with Crippen molar-refractivity contribution in [3.8, 4) is 11.3 Å². The van der Waals surface area contributed by atoms with Crippen molar-refractivity contribution < 1.29 is 4.79 Å². The summed E-state index contributed by atoms with van der Waals surface area (Å²) in [6, 6.07) is 10.6. The number of H-pyrrole nitrogens is 1. The summed E-state index contributed by atoms with van der Waals surface area (Å²) < 4.78 is 0. The SMILES string of the molecule is C[C@@H](C(=O)NC1CC1)N1CCC[C@@H](c2ncc(-c3ccccc3)[nH]2)C1. The van der Waals surface area contributed by atoms with E-state index in [1.165, 1.54) is 0 Å². The van der Waals surface area contributed by atoms with Gasteiger partial charge in [0.15, 0.2) is 0 Å². The maximum absolute atomic E-state index is 12.3. The Morgan fingerprint density at radius 2 is 2.08 bits per heavy atom. The van der Waals surface area contributed by atoms with Gasteiger partial charge in [0, 0.05) is 18.5 Å². The van der Waals surface area contributed by atoms with E-state index in [0.29, 0.717) is 12.0 Å². The van der Waals surface area contributed by atoms with E-state index in [1.807, 2.05) is 31.3 Å². The Morgan fingerprint density at radius 3 is 2.84 bits per heavy atom. The molecule has 1 aromatic heterocycles. The number of carbonyl (C=O) groups excluding carboxylic acids is 1. The molecule has 0 radical (unpaired) electrons. The van der Waals surface area contributed by atoms with Gasteiger partial charge in [0.1, 0.15) is 5.82 Å². The molecule has 132 valence electrons. The number of rotatable bonds is 5. The molecule has 0 spiro atoms. The molecule has 1 aliphatic heterocycles. The summed E-state index contributed by atoms with van der Waals surface area (Å²) in [5.74, 6) is 1.58. The first-order chi connectivity index (χ1) is 12.2. The Kier molecular flexibility index (Phi) is 4.57. The smallest absolute Gasteiger partial charge is 0.237 e. The van der Waals surface area contributed by atoms with Gasteiger partial charge in [0.05, 0.1) is 17.9 Å². The lowest BCUT2D eigenvalue weighted by Crippen LogP contribution is -2.49. The molecule has 2 aromatic rings. The maximum Gasteiger partial charge on any atom is 0.237 e. The monoisotopic (exact) mass is 338 g/mol. The Hall–Kier alpha value is -2.14. The van der Waals surface area contributed by atoms with Gasteiger partial charge in [-0.05, 0) is 44.7 Å². The number of aromatic nitrogens is 2. The Morgan fingerprint density at radius 1 is 1.28 bits per heavy atom. The Bertz CT molecular complexity index is 722. The number of hydrogen-bond donors (Lipinski definition) is 2.